The predicted molar refractivity (Wildman–Crippen MR) is 69.0 cm³/mol. The first-order valence-electron chi connectivity index (χ1n) is 5.70. The molecule has 0 spiro atoms. The molecule has 0 bridgehead atoms. The molecule has 0 saturated heterocycles. The van der Waals surface area contributed by atoms with Gasteiger partial charge in [-0.3, -0.25) is 4.79 Å². The number of carboxylic acids is 1. The van der Waals surface area contributed by atoms with Crippen LogP contribution in [0.5, 0.6) is 5.75 Å². The number of anilines is 1. The van der Waals surface area contributed by atoms with Crippen molar-refractivity contribution in [2.45, 2.75) is 13.8 Å². The summed E-state index contributed by atoms with van der Waals surface area (Å²) in [5.41, 5.74) is 0.465. The predicted octanol–water partition coefficient (Wildman–Crippen LogP) is 1.95. The maximum atomic E-state index is 11.9. The van der Waals surface area contributed by atoms with Gasteiger partial charge in [-0.05, 0) is 19.1 Å². The minimum atomic E-state index is -1.25. The number of carbonyl (C=O) groups excluding carboxylic acids is 1. The molecule has 1 amide bonds. The second-order valence-corrected chi connectivity index (χ2v) is 4.14. The first-order valence-corrected chi connectivity index (χ1v) is 5.70. The first-order chi connectivity index (χ1) is 9.38. The van der Waals surface area contributed by atoms with Crippen LogP contribution in [-0.2, 0) is 0 Å². The molecule has 2 rings (SSSR count). The third-order valence-electron chi connectivity index (χ3n) is 2.60. The van der Waals surface area contributed by atoms with E-state index in [2.05, 4.69) is 10.3 Å². The zero-order valence-corrected chi connectivity index (χ0v) is 10.8. The monoisotopic (exact) mass is 276 g/mol. The Morgan fingerprint density at radius 2 is 2.00 bits per heavy atom. The number of nitrogens with zero attached hydrogens (tertiary/aromatic N) is 1. The lowest BCUT2D eigenvalue weighted by molar-refractivity contribution is 0.0693. The molecule has 0 aliphatic carbocycles. The molecule has 0 atom stereocenters. The average Bonchev–Trinajstić information content (AvgIpc) is 2.68. The summed E-state index contributed by atoms with van der Waals surface area (Å²) in [6, 6.07) is 3.73. The number of aromatic carboxylic acids is 1. The number of aromatic nitrogens is 1. The van der Waals surface area contributed by atoms with Crippen LogP contribution in [0.15, 0.2) is 22.6 Å². The van der Waals surface area contributed by atoms with Crippen LogP contribution >= 0.6 is 0 Å². The highest BCUT2D eigenvalue weighted by molar-refractivity contribution is 6.03. The van der Waals surface area contributed by atoms with Gasteiger partial charge in [0.2, 0.25) is 5.76 Å². The van der Waals surface area contributed by atoms with Crippen molar-refractivity contribution in [2.75, 3.05) is 5.32 Å². The van der Waals surface area contributed by atoms with Crippen LogP contribution in [0.2, 0.25) is 0 Å². The summed E-state index contributed by atoms with van der Waals surface area (Å²) in [5.74, 6) is -1.76. The molecule has 7 nitrogen and oxygen atoms in total. The van der Waals surface area contributed by atoms with Crippen molar-refractivity contribution in [3.63, 3.8) is 0 Å². The second-order valence-electron chi connectivity index (χ2n) is 4.14. The fourth-order valence-corrected chi connectivity index (χ4v) is 1.72. The number of amides is 1. The summed E-state index contributed by atoms with van der Waals surface area (Å²) in [4.78, 5) is 26.7. The number of hydrogen-bond acceptors (Lipinski definition) is 5. The Morgan fingerprint density at radius 1 is 1.30 bits per heavy atom. The molecule has 104 valence electrons. The summed E-state index contributed by atoms with van der Waals surface area (Å²) in [5, 5.41) is 20.8. The summed E-state index contributed by atoms with van der Waals surface area (Å²) in [6.45, 7) is 3.26. The molecule has 0 radical (unpaired) electrons. The Kier molecular flexibility index (Phi) is 3.43. The lowest BCUT2D eigenvalue weighted by Gasteiger charge is -2.05. The molecule has 3 N–H and O–H groups in total. The highest BCUT2D eigenvalue weighted by Gasteiger charge is 2.17. The van der Waals surface area contributed by atoms with E-state index >= 15 is 0 Å². The van der Waals surface area contributed by atoms with E-state index in [1.807, 2.05) is 0 Å². The van der Waals surface area contributed by atoms with Crippen LogP contribution in [0.4, 0.5) is 5.69 Å². The van der Waals surface area contributed by atoms with E-state index in [0.717, 1.165) is 6.07 Å². The van der Waals surface area contributed by atoms with Crippen LogP contribution in [0, 0.1) is 13.8 Å². The Labute approximate surface area is 113 Å². The molecular formula is C13H12N2O5. The number of carboxylic acid groups (broad SMARTS) is 1. The van der Waals surface area contributed by atoms with E-state index in [1.54, 1.807) is 13.8 Å². The normalized spacial score (nSPS) is 10.3. The van der Waals surface area contributed by atoms with Crippen LogP contribution < -0.4 is 5.32 Å². The summed E-state index contributed by atoms with van der Waals surface area (Å²) < 4.78 is 5.16. The van der Waals surface area contributed by atoms with Crippen molar-refractivity contribution in [2.24, 2.45) is 0 Å². The smallest absolute Gasteiger partial charge is 0.339 e. The summed E-state index contributed by atoms with van der Waals surface area (Å²) in [7, 11) is 0. The second kappa shape index (κ2) is 5.04. The highest BCUT2D eigenvalue weighted by atomic mass is 16.4. The number of nitrogens with one attached hydrogen (secondary N) is 1. The number of hydrogen-bond donors (Lipinski definition) is 3. The fourth-order valence-electron chi connectivity index (χ4n) is 1.72. The van der Waals surface area contributed by atoms with Crippen molar-refractivity contribution in [3.8, 4) is 5.75 Å². The van der Waals surface area contributed by atoms with Crippen LogP contribution in [0.25, 0.3) is 0 Å². The minimum Gasteiger partial charge on any atom is -0.507 e. The van der Waals surface area contributed by atoms with Crippen LogP contribution in [0.1, 0.15) is 32.5 Å². The summed E-state index contributed by atoms with van der Waals surface area (Å²) in [6.07, 6.45) is 0. The topological polar surface area (TPSA) is 113 Å². The van der Waals surface area contributed by atoms with Gasteiger partial charge in [0.15, 0.2) is 5.89 Å². The zero-order valence-electron chi connectivity index (χ0n) is 10.8. The number of benzene rings is 1. The average molecular weight is 276 g/mol. The molecule has 0 aliphatic rings. The van der Waals surface area contributed by atoms with Crippen LogP contribution in [-0.4, -0.2) is 27.1 Å². The zero-order chi connectivity index (χ0) is 14.9. The number of oxazole rings is 1. The molecule has 0 saturated carbocycles. The standard InChI is InChI=1S/C13H12N2O5/c1-6-11(20-7(2)14-6)12(17)15-8-3-4-9(13(18)19)10(16)5-8/h3-5,16H,1-2H3,(H,15,17)(H,18,19). The lowest BCUT2D eigenvalue weighted by atomic mass is 10.2. The largest absolute Gasteiger partial charge is 0.507 e. The Morgan fingerprint density at radius 3 is 2.50 bits per heavy atom. The van der Waals surface area contributed by atoms with E-state index in [-0.39, 0.29) is 17.0 Å². The quantitative estimate of drug-likeness (QED) is 0.789. The van der Waals surface area contributed by atoms with Gasteiger partial charge in [-0.15, -0.1) is 0 Å². The maximum Gasteiger partial charge on any atom is 0.339 e. The molecule has 2 aromatic rings. The molecule has 1 aromatic carbocycles. The van der Waals surface area contributed by atoms with Gasteiger partial charge >= 0.3 is 5.97 Å². The van der Waals surface area contributed by atoms with Gasteiger partial charge in [0.05, 0.1) is 5.69 Å². The van der Waals surface area contributed by atoms with Crippen molar-refractivity contribution < 1.29 is 24.2 Å². The van der Waals surface area contributed by atoms with Gasteiger partial charge < -0.3 is 19.9 Å². The first kappa shape index (κ1) is 13.6. The number of carbonyl (C=O) groups is 2. The molecule has 1 aromatic heterocycles. The number of aromatic hydroxyl groups is 1. The van der Waals surface area contributed by atoms with Crippen LogP contribution in [0.3, 0.4) is 0 Å². The highest BCUT2D eigenvalue weighted by Crippen LogP contribution is 2.22. The van der Waals surface area contributed by atoms with Gasteiger partial charge in [-0.25, -0.2) is 9.78 Å². The minimum absolute atomic E-state index is 0.0734. The van der Waals surface area contributed by atoms with Gasteiger partial charge in [0, 0.05) is 18.7 Å². The molecule has 0 fully saturated rings. The van der Waals surface area contributed by atoms with E-state index < -0.39 is 17.6 Å². The van der Waals surface area contributed by atoms with E-state index in [4.69, 9.17) is 9.52 Å². The SMILES string of the molecule is Cc1nc(C)c(C(=O)Nc2ccc(C(=O)O)c(O)c2)o1. The molecular weight excluding hydrogens is 264 g/mol. The number of phenols is 1. The Balaban J connectivity index is 2.22. The van der Waals surface area contributed by atoms with E-state index in [1.165, 1.54) is 12.1 Å². The van der Waals surface area contributed by atoms with Gasteiger partial charge in [0.1, 0.15) is 11.3 Å². The summed E-state index contributed by atoms with van der Waals surface area (Å²) >= 11 is 0. The third kappa shape index (κ3) is 2.61. The Hall–Kier alpha value is -2.83. The van der Waals surface area contributed by atoms with Gasteiger partial charge in [-0.2, -0.15) is 0 Å². The third-order valence-corrected chi connectivity index (χ3v) is 2.60. The maximum absolute atomic E-state index is 11.9. The van der Waals surface area contributed by atoms with Crippen molar-refractivity contribution >= 4 is 17.6 Å². The van der Waals surface area contributed by atoms with Gasteiger partial charge in [0.25, 0.3) is 5.91 Å². The molecule has 0 aliphatic heterocycles. The number of aryl methyl sites for hydroxylation is 2. The van der Waals surface area contributed by atoms with Crippen molar-refractivity contribution in [1.29, 1.82) is 0 Å². The Bertz CT molecular complexity index is 690. The molecule has 0 unspecified atom stereocenters. The molecule has 7 heteroatoms. The molecule has 1 heterocycles. The van der Waals surface area contributed by atoms with Crippen molar-refractivity contribution in [3.05, 3.63) is 41.1 Å². The molecule has 20 heavy (non-hydrogen) atoms. The van der Waals surface area contributed by atoms with E-state index in [9.17, 15) is 14.7 Å². The lowest BCUT2D eigenvalue weighted by Crippen LogP contribution is -2.12. The van der Waals surface area contributed by atoms with E-state index in [0.29, 0.717) is 11.6 Å². The number of rotatable bonds is 3. The van der Waals surface area contributed by atoms with Crippen molar-refractivity contribution in [1.82, 2.24) is 4.98 Å². The van der Waals surface area contributed by atoms with Gasteiger partial charge in [-0.1, -0.05) is 0 Å². The fraction of sp³-hybridized carbons (Fsp3) is 0.154.